The highest BCUT2D eigenvalue weighted by Crippen LogP contribution is 2.23. The van der Waals surface area contributed by atoms with Gasteiger partial charge in [0.1, 0.15) is 0 Å². The summed E-state index contributed by atoms with van der Waals surface area (Å²) in [7, 11) is 0. The van der Waals surface area contributed by atoms with Crippen LogP contribution in [0.1, 0.15) is 39.0 Å². The molecule has 4 nitrogen and oxygen atoms in total. The quantitative estimate of drug-likeness (QED) is 0.867. The highest BCUT2D eigenvalue weighted by Gasteiger charge is 2.21. The molecule has 0 spiro atoms. The van der Waals surface area contributed by atoms with E-state index in [1.165, 1.54) is 19.3 Å². The Morgan fingerprint density at radius 1 is 1.47 bits per heavy atom. The predicted molar refractivity (Wildman–Crippen MR) is 66.4 cm³/mol. The molecule has 0 saturated heterocycles. The lowest BCUT2D eigenvalue weighted by Crippen LogP contribution is -2.39. The van der Waals surface area contributed by atoms with Crippen LogP contribution in [-0.2, 0) is 11.3 Å². The third-order valence-electron chi connectivity index (χ3n) is 3.41. The lowest BCUT2D eigenvalue weighted by Gasteiger charge is -2.23. The van der Waals surface area contributed by atoms with Crippen molar-refractivity contribution in [3.05, 3.63) is 18.7 Å². The van der Waals surface area contributed by atoms with Gasteiger partial charge >= 0.3 is 0 Å². The Balaban J connectivity index is 1.77. The van der Waals surface area contributed by atoms with Crippen molar-refractivity contribution in [2.45, 2.75) is 51.6 Å². The number of amides is 1. The number of nitrogens with one attached hydrogen (secondary N) is 1. The topological polar surface area (TPSA) is 46.9 Å². The Morgan fingerprint density at radius 2 is 2.24 bits per heavy atom. The van der Waals surface area contributed by atoms with Gasteiger partial charge in [-0.1, -0.05) is 19.3 Å². The van der Waals surface area contributed by atoms with Gasteiger partial charge < -0.3 is 9.88 Å². The number of carbonyl (C=O) groups is 1. The first kappa shape index (κ1) is 12.1. The summed E-state index contributed by atoms with van der Waals surface area (Å²) in [6.07, 6.45) is 11.3. The molecule has 0 aliphatic heterocycles. The molecule has 0 unspecified atom stereocenters. The first-order chi connectivity index (χ1) is 8.25. The maximum atomic E-state index is 12.0. The Morgan fingerprint density at radius 3 is 2.88 bits per heavy atom. The summed E-state index contributed by atoms with van der Waals surface area (Å²) in [4.78, 5) is 16.0. The Kier molecular flexibility index (Phi) is 4.18. The molecule has 1 aromatic heterocycles. The average Bonchev–Trinajstić information content (AvgIpc) is 2.82. The third kappa shape index (κ3) is 3.58. The van der Waals surface area contributed by atoms with Crippen molar-refractivity contribution in [3.8, 4) is 0 Å². The summed E-state index contributed by atoms with van der Waals surface area (Å²) in [6, 6.07) is 0.165. The molecule has 1 N–H and O–H groups in total. The Bertz CT molecular complexity index is 342. The lowest BCUT2D eigenvalue weighted by molar-refractivity contribution is -0.126. The zero-order valence-electron chi connectivity index (χ0n) is 10.4. The molecule has 2 rings (SSSR count). The SMILES string of the molecule is C[C@H](Cn1ccnc1)NC(=O)C1CCCCC1. The summed E-state index contributed by atoms with van der Waals surface area (Å²) in [6.45, 7) is 2.83. The van der Waals surface area contributed by atoms with Crippen molar-refractivity contribution in [2.75, 3.05) is 0 Å². The lowest BCUT2D eigenvalue weighted by atomic mass is 9.88. The van der Waals surface area contributed by atoms with E-state index in [2.05, 4.69) is 10.3 Å². The molecule has 0 aromatic carbocycles. The van der Waals surface area contributed by atoms with Crippen LogP contribution in [0.3, 0.4) is 0 Å². The summed E-state index contributed by atoms with van der Waals surface area (Å²) >= 11 is 0. The molecule has 1 saturated carbocycles. The number of hydrogen-bond donors (Lipinski definition) is 1. The van der Waals surface area contributed by atoms with Crippen LogP contribution < -0.4 is 5.32 Å². The van der Waals surface area contributed by atoms with E-state index in [4.69, 9.17) is 0 Å². The van der Waals surface area contributed by atoms with E-state index in [-0.39, 0.29) is 17.9 Å². The van der Waals surface area contributed by atoms with E-state index >= 15 is 0 Å². The van der Waals surface area contributed by atoms with Crippen molar-refractivity contribution in [1.29, 1.82) is 0 Å². The minimum atomic E-state index is 0.165. The van der Waals surface area contributed by atoms with Crippen molar-refractivity contribution >= 4 is 5.91 Å². The molecular formula is C13H21N3O. The zero-order chi connectivity index (χ0) is 12.1. The minimum absolute atomic E-state index is 0.165. The van der Waals surface area contributed by atoms with Gasteiger partial charge in [-0.3, -0.25) is 4.79 Å². The van der Waals surface area contributed by atoms with Crippen LogP contribution in [0.5, 0.6) is 0 Å². The monoisotopic (exact) mass is 235 g/mol. The van der Waals surface area contributed by atoms with Crippen LogP contribution in [0.15, 0.2) is 18.7 Å². The maximum absolute atomic E-state index is 12.0. The Hall–Kier alpha value is -1.32. The number of aromatic nitrogens is 2. The van der Waals surface area contributed by atoms with Gasteiger partial charge in [0.05, 0.1) is 6.33 Å². The Labute approximate surface area is 102 Å². The standard InChI is InChI=1S/C13H21N3O/c1-11(9-16-8-7-14-10-16)15-13(17)12-5-3-2-4-6-12/h7-8,10-12H,2-6,9H2,1H3,(H,15,17)/t11-/m1/s1. The highest BCUT2D eigenvalue weighted by atomic mass is 16.1. The maximum Gasteiger partial charge on any atom is 0.223 e. The van der Waals surface area contributed by atoms with Crippen molar-refractivity contribution < 1.29 is 4.79 Å². The number of imidazole rings is 1. The van der Waals surface area contributed by atoms with Gasteiger partial charge in [0.2, 0.25) is 5.91 Å². The average molecular weight is 235 g/mol. The molecule has 1 amide bonds. The molecular weight excluding hydrogens is 214 g/mol. The van der Waals surface area contributed by atoms with Crippen molar-refractivity contribution in [3.63, 3.8) is 0 Å². The fraction of sp³-hybridized carbons (Fsp3) is 0.692. The van der Waals surface area contributed by atoms with Crippen LogP contribution in [0.4, 0.5) is 0 Å². The van der Waals surface area contributed by atoms with E-state index in [0.29, 0.717) is 0 Å². The summed E-state index contributed by atoms with van der Waals surface area (Å²) < 4.78 is 1.99. The van der Waals surface area contributed by atoms with Gasteiger partial charge in [0.25, 0.3) is 0 Å². The molecule has 1 aromatic rings. The molecule has 1 aliphatic rings. The van der Waals surface area contributed by atoms with Crippen LogP contribution in [0.2, 0.25) is 0 Å². The zero-order valence-corrected chi connectivity index (χ0v) is 10.4. The van der Waals surface area contributed by atoms with Gasteiger partial charge in [-0.25, -0.2) is 4.98 Å². The molecule has 94 valence electrons. The van der Waals surface area contributed by atoms with Gasteiger partial charge in [-0.2, -0.15) is 0 Å². The van der Waals surface area contributed by atoms with Crippen molar-refractivity contribution in [1.82, 2.24) is 14.9 Å². The van der Waals surface area contributed by atoms with Crippen molar-refractivity contribution in [2.24, 2.45) is 5.92 Å². The first-order valence-corrected chi connectivity index (χ1v) is 6.52. The summed E-state index contributed by atoms with van der Waals surface area (Å²) in [5.41, 5.74) is 0. The molecule has 1 heterocycles. The van der Waals surface area contributed by atoms with E-state index in [0.717, 1.165) is 19.4 Å². The largest absolute Gasteiger partial charge is 0.352 e. The fourth-order valence-electron chi connectivity index (χ4n) is 2.48. The second-order valence-corrected chi connectivity index (χ2v) is 5.00. The molecule has 17 heavy (non-hydrogen) atoms. The number of carbonyl (C=O) groups excluding carboxylic acids is 1. The van der Waals surface area contributed by atoms with E-state index in [1.54, 1.807) is 12.5 Å². The van der Waals surface area contributed by atoms with E-state index < -0.39 is 0 Å². The fourth-order valence-corrected chi connectivity index (χ4v) is 2.48. The predicted octanol–water partition coefficient (Wildman–Crippen LogP) is 1.97. The molecule has 1 aliphatic carbocycles. The minimum Gasteiger partial charge on any atom is -0.352 e. The van der Waals surface area contributed by atoms with Gasteiger partial charge in [0, 0.05) is 30.9 Å². The smallest absolute Gasteiger partial charge is 0.223 e. The highest BCUT2D eigenvalue weighted by molar-refractivity contribution is 5.78. The second kappa shape index (κ2) is 5.84. The van der Waals surface area contributed by atoms with Gasteiger partial charge in [-0.15, -0.1) is 0 Å². The second-order valence-electron chi connectivity index (χ2n) is 5.00. The molecule has 0 radical (unpaired) electrons. The van der Waals surface area contributed by atoms with E-state index in [1.807, 2.05) is 17.7 Å². The van der Waals surface area contributed by atoms with E-state index in [9.17, 15) is 4.79 Å². The molecule has 1 atom stereocenters. The van der Waals surface area contributed by atoms with Gasteiger partial charge in [0.15, 0.2) is 0 Å². The number of nitrogens with zero attached hydrogens (tertiary/aromatic N) is 2. The number of hydrogen-bond acceptors (Lipinski definition) is 2. The summed E-state index contributed by atoms with van der Waals surface area (Å²) in [5, 5.41) is 3.10. The molecule has 1 fully saturated rings. The van der Waals surface area contributed by atoms with Crippen LogP contribution >= 0.6 is 0 Å². The van der Waals surface area contributed by atoms with Crippen LogP contribution in [-0.4, -0.2) is 21.5 Å². The molecule has 0 bridgehead atoms. The third-order valence-corrected chi connectivity index (χ3v) is 3.41. The van der Waals surface area contributed by atoms with Gasteiger partial charge in [-0.05, 0) is 19.8 Å². The van der Waals surface area contributed by atoms with Crippen LogP contribution in [0.25, 0.3) is 0 Å². The normalized spacial score (nSPS) is 18.9. The number of rotatable bonds is 4. The summed E-state index contributed by atoms with van der Waals surface area (Å²) in [5.74, 6) is 0.478. The molecule has 4 heteroatoms. The first-order valence-electron chi connectivity index (χ1n) is 6.52. The van der Waals surface area contributed by atoms with Crippen LogP contribution in [0, 0.1) is 5.92 Å².